The molecule has 6 heteroatoms. The van der Waals surface area contributed by atoms with Crippen LogP contribution in [0.15, 0.2) is 29.3 Å². The molecule has 1 aromatic heterocycles. The summed E-state index contributed by atoms with van der Waals surface area (Å²) in [5.41, 5.74) is 6.72. The minimum atomic E-state index is -0.334. The zero-order chi connectivity index (χ0) is 14.7. The first-order valence-corrected chi connectivity index (χ1v) is 6.33. The summed E-state index contributed by atoms with van der Waals surface area (Å²) in [5, 5.41) is 3.34. The molecule has 0 radical (unpaired) electrons. The largest absolute Gasteiger partial charge is 0.490 e. The maximum absolute atomic E-state index is 12.0. The number of fused-ring (bicyclic) bond motifs is 1. The van der Waals surface area contributed by atoms with E-state index in [0.29, 0.717) is 5.69 Å². The first-order valence-electron chi connectivity index (χ1n) is 6.33. The normalized spacial score (nSPS) is 11.9. The summed E-state index contributed by atoms with van der Waals surface area (Å²) in [4.78, 5) is 18.7. The third-order valence-electron chi connectivity index (χ3n) is 2.71. The molecule has 6 nitrogen and oxygen atoms in total. The Kier molecular flexibility index (Phi) is 3.93. The molecule has 4 N–H and O–H groups in total. The van der Waals surface area contributed by atoms with Gasteiger partial charge in [-0.2, -0.15) is 0 Å². The molecule has 106 valence electrons. The van der Waals surface area contributed by atoms with Crippen LogP contribution in [-0.2, 0) is 0 Å². The smallest absolute Gasteiger partial charge is 0.274 e. The lowest BCUT2D eigenvalue weighted by atomic mass is 10.2. The molecular weight excluding hydrogens is 256 g/mol. The fraction of sp³-hybridized carbons (Fsp3) is 0.286. The van der Waals surface area contributed by atoms with Gasteiger partial charge in [0.25, 0.3) is 5.91 Å². The maximum atomic E-state index is 12.0. The molecule has 0 unspecified atom stereocenters. The lowest BCUT2D eigenvalue weighted by Crippen LogP contribution is -2.36. The van der Waals surface area contributed by atoms with E-state index in [1.54, 1.807) is 6.07 Å². The van der Waals surface area contributed by atoms with Gasteiger partial charge in [0.2, 0.25) is 0 Å². The molecule has 0 aliphatic carbocycles. The van der Waals surface area contributed by atoms with Crippen molar-refractivity contribution in [3.63, 3.8) is 0 Å². The lowest BCUT2D eigenvalue weighted by Gasteiger charge is -2.10. The molecule has 0 saturated carbocycles. The van der Waals surface area contributed by atoms with E-state index in [4.69, 9.17) is 10.5 Å². The zero-order valence-electron chi connectivity index (χ0n) is 11.7. The number of benzene rings is 1. The Morgan fingerprint density at radius 3 is 2.85 bits per heavy atom. The van der Waals surface area contributed by atoms with Gasteiger partial charge in [0, 0.05) is 18.0 Å². The second-order valence-corrected chi connectivity index (χ2v) is 4.63. The number of nitrogens with zero attached hydrogens (tertiary/aromatic N) is 1. The molecular formula is C14H18N4O2. The van der Waals surface area contributed by atoms with E-state index in [2.05, 4.69) is 15.3 Å². The number of ether oxygens (including phenoxy) is 1. The molecule has 0 bridgehead atoms. The Morgan fingerprint density at radius 1 is 1.45 bits per heavy atom. The number of carbonyl (C=O) groups is 1. The molecule has 1 amide bonds. The summed E-state index contributed by atoms with van der Waals surface area (Å²) < 4.78 is 5.72. The average Bonchev–Trinajstić information content (AvgIpc) is 2.83. The number of rotatable bonds is 3. The number of carbonyl (C=O) groups excluding carboxylic acids is 1. The van der Waals surface area contributed by atoms with Crippen LogP contribution in [0.1, 0.15) is 24.3 Å². The van der Waals surface area contributed by atoms with E-state index in [0.717, 1.165) is 16.7 Å². The average molecular weight is 274 g/mol. The zero-order valence-corrected chi connectivity index (χ0v) is 11.7. The van der Waals surface area contributed by atoms with Gasteiger partial charge < -0.3 is 15.5 Å². The molecule has 20 heavy (non-hydrogen) atoms. The molecule has 0 saturated heterocycles. The molecule has 1 aromatic carbocycles. The number of aromatic amines is 1. The summed E-state index contributed by atoms with van der Waals surface area (Å²) in [6, 6.07) is 7.38. The van der Waals surface area contributed by atoms with Crippen LogP contribution < -0.4 is 15.8 Å². The molecule has 2 aromatic rings. The number of aliphatic imine (C=N–C) groups is 1. The number of nitrogens with two attached hydrogens (primary N) is 1. The second-order valence-electron chi connectivity index (χ2n) is 4.63. The second kappa shape index (κ2) is 5.64. The van der Waals surface area contributed by atoms with Gasteiger partial charge in [0.1, 0.15) is 11.4 Å². The molecule has 0 aliphatic rings. The highest BCUT2D eigenvalue weighted by atomic mass is 16.5. The van der Waals surface area contributed by atoms with Crippen LogP contribution in [0.2, 0.25) is 0 Å². The van der Waals surface area contributed by atoms with Gasteiger partial charge >= 0.3 is 0 Å². The van der Waals surface area contributed by atoms with Crippen molar-refractivity contribution in [3.8, 4) is 5.75 Å². The van der Waals surface area contributed by atoms with Crippen LogP contribution in [0, 0.1) is 0 Å². The minimum Gasteiger partial charge on any atom is -0.490 e. The predicted octanol–water partition coefficient (Wildman–Crippen LogP) is 1.63. The van der Waals surface area contributed by atoms with Gasteiger partial charge in [0.05, 0.1) is 6.10 Å². The summed E-state index contributed by atoms with van der Waals surface area (Å²) in [6.07, 6.45) is 0.0654. The van der Waals surface area contributed by atoms with Crippen molar-refractivity contribution in [2.45, 2.75) is 20.0 Å². The number of amides is 1. The molecule has 0 fully saturated rings. The van der Waals surface area contributed by atoms with Crippen molar-refractivity contribution in [2.75, 3.05) is 7.05 Å². The Bertz CT molecular complexity index is 658. The van der Waals surface area contributed by atoms with Gasteiger partial charge in [-0.3, -0.25) is 15.1 Å². The van der Waals surface area contributed by atoms with Crippen LogP contribution in [0.3, 0.4) is 0 Å². The highest BCUT2D eigenvalue weighted by Gasteiger charge is 2.13. The van der Waals surface area contributed by atoms with Crippen molar-refractivity contribution in [2.24, 2.45) is 10.7 Å². The third kappa shape index (κ3) is 2.90. The van der Waals surface area contributed by atoms with Gasteiger partial charge in [0.15, 0.2) is 5.96 Å². The molecule has 1 heterocycles. The van der Waals surface area contributed by atoms with Crippen molar-refractivity contribution in [1.82, 2.24) is 10.3 Å². The van der Waals surface area contributed by atoms with Gasteiger partial charge in [-0.05, 0) is 32.0 Å². The van der Waals surface area contributed by atoms with Crippen molar-refractivity contribution < 1.29 is 9.53 Å². The molecule has 0 atom stereocenters. The standard InChI is InChI=1S/C14H18N4O2/c1-8(2)20-12-6-4-5-10-9(12)7-11(17-10)13(19)18-14(15)16-3/h4-8,17H,1-3H3,(H3,15,16,18,19). The number of hydrogen-bond donors (Lipinski definition) is 3. The number of aromatic nitrogens is 1. The van der Waals surface area contributed by atoms with E-state index in [-0.39, 0.29) is 18.0 Å². The minimum absolute atomic E-state index is 0.0654. The molecule has 0 aliphatic heterocycles. The Morgan fingerprint density at radius 2 is 2.20 bits per heavy atom. The highest BCUT2D eigenvalue weighted by Crippen LogP contribution is 2.27. The third-order valence-corrected chi connectivity index (χ3v) is 2.71. The Hall–Kier alpha value is -2.50. The van der Waals surface area contributed by atoms with Crippen molar-refractivity contribution in [3.05, 3.63) is 30.0 Å². The number of hydrogen-bond acceptors (Lipinski definition) is 3. The van der Waals surface area contributed by atoms with Gasteiger partial charge in [-0.25, -0.2) is 0 Å². The van der Waals surface area contributed by atoms with Crippen LogP contribution in [0.5, 0.6) is 5.75 Å². The first kappa shape index (κ1) is 13.9. The summed E-state index contributed by atoms with van der Waals surface area (Å²) in [7, 11) is 1.51. The number of guanidine groups is 1. The van der Waals surface area contributed by atoms with Crippen LogP contribution in [0.25, 0.3) is 10.9 Å². The summed E-state index contributed by atoms with van der Waals surface area (Å²) in [5.74, 6) is 0.483. The van der Waals surface area contributed by atoms with Crippen LogP contribution >= 0.6 is 0 Å². The molecule has 2 rings (SSSR count). The number of H-pyrrole nitrogens is 1. The fourth-order valence-corrected chi connectivity index (χ4v) is 1.85. The summed E-state index contributed by atoms with van der Waals surface area (Å²) in [6.45, 7) is 3.91. The monoisotopic (exact) mass is 274 g/mol. The first-order chi connectivity index (χ1) is 9.51. The highest BCUT2D eigenvalue weighted by molar-refractivity contribution is 6.07. The quantitative estimate of drug-likeness (QED) is 0.586. The lowest BCUT2D eigenvalue weighted by molar-refractivity contribution is 0.0972. The van der Waals surface area contributed by atoms with Crippen molar-refractivity contribution in [1.29, 1.82) is 0 Å². The van der Waals surface area contributed by atoms with Gasteiger partial charge in [-0.1, -0.05) is 6.07 Å². The van der Waals surface area contributed by atoms with E-state index in [1.807, 2.05) is 32.0 Å². The number of nitrogens with one attached hydrogen (secondary N) is 2. The Labute approximate surface area is 117 Å². The van der Waals surface area contributed by atoms with E-state index in [1.165, 1.54) is 7.05 Å². The maximum Gasteiger partial charge on any atom is 0.274 e. The fourth-order valence-electron chi connectivity index (χ4n) is 1.85. The molecule has 0 spiro atoms. The van der Waals surface area contributed by atoms with E-state index >= 15 is 0 Å². The van der Waals surface area contributed by atoms with Gasteiger partial charge in [-0.15, -0.1) is 0 Å². The topological polar surface area (TPSA) is 92.5 Å². The summed E-state index contributed by atoms with van der Waals surface area (Å²) >= 11 is 0. The van der Waals surface area contributed by atoms with Crippen LogP contribution in [-0.4, -0.2) is 30.0 Å². The van der Waals surface area contributed by atoms with E-state index in [9.17, 15) is 4.79 Å². The van der Waals surface area contributed by atoms with Crippen molar-refractivity contribution >= 4 is 22.8 Å². The van der Waals surface area contributed by atoms with E-state index < -0.39 is 0 Å². The SMILES string of the molecule is CN=C(N)NC(=O)c1cc2c(OC(C)C)cccc2[nH]1. The predicted molar refractivity (Wildman–Crippen MR) is 79.1 cm³/mol. The Balaban J connectivity index is 2.36. The van der Waals surface area contributed by atoms with Crippen LogP contribution in [0.4, 0.5) is 0 Å².